The number of anilines is 1. The van der Waals surface area contributed by atoms with Crippen LogP contribution in [0.3, 0.4) is 0 Å². The quantitative estimate of drug-likeness (QED) is 0.802. The Balaban J connectivity index is 2.44. The predicted molar refractivity (Wildman–Crippen MR) is 61.9 cm³/mol. The van der Waals surface area contributed by atoms with Gasteiger partial charge in [-0.1, -0.05) is 31.5 Å². The Kier molecular flexibility index (Phi) is 4.56. The van der Waals surface area contributed by atoms with Crippen LogP contribution in [0.5, 0.6) is 0 Å². The van der Waals surface area contributed by atoms with E-state index < -0.39 is 0 Å². The lowest BCUT2D eigenvalue weighted by Gasteiger charge is -2.05. The van der Waals surface area contributed by atoms with Gasteiger partial charge in [0.1, 0.15) is 11.0 Å². The second kappa shape index (κ2) is 5.71. The van der Waals surface area contributed by atoms with E-state index in [1.165, 1.54) is 0 Å². The number of halogens is 1. The minimum atomic E-state index is -0.0153. The van der Waals surface area contributed by atoms with E-state index in [0.717, 1.165) is 6.42 Å². The zero-order chi connectivity index (χ0) is 11.3. The first-order valence-corrected chi connectivity index (χ1v) is 5.38. The van der Waals surface area contributed by atoms with Crippen LogP contribution < -0.4 is 5.32 Å². The van der Waals surface area contributed by atoms with Crippen LogP contribution in [0.1, 0.15) is 26.7 Å². The molecule has 0 atom stereocenters. The fourth-order valence-corrected chi connectivity index (χ4v) is 1.27. The molecule has 1 aromatic heterocycles. The van der Waals surface area contributed by atoms with Crippen LogP contribution in [0.2, 0.25) is 5.15 Å². The first kappa shape index (κ1) is 12.0. The molecule has 1 heterocycles. The molecule has 0 aliphatic rings. The number of rotatable bonds is 4. The summed E-state index contributed by atoms with van der Waals surface area (Å²) in [6, 6.07) is 5.15. The average Bonchev–Trinajstić information content (AvgIpc) is 2.15. The smallest absolute Gasteiger partial charge is 0.225 e. The summed E-state index contributed by atoms with van der Waals surface area (Å²) in [4.78, 5) is 15.4. The van der Waals surface area contributed by atoms with E-state index in [2.05, 4.69) is 24.1 Å². The van der Waals surface area contributed by atoms with Crippen LogP contribution in [0, 0.1) is 5.92 Å². The van der Waals surface area contributed by atoms with Crippen molar-refractivity contribution in [3.05, 3.63) is 23.4 Å². The van der Waals surface area contributed by atoms with Crippen molar-refractivity contribution in [2.24, 2.45) is 5.92 Å². The fourth-order valence-electron chi connectivity index (χ4n) is 1.10. The number of hydrogen-bond donors (Lipinski definition) is 1. The van der Waals surface area contributed by atoms with E-state index in [1.807, 2.05) is 0 Å². The van der Waals surface area contributed by atoms with Crippen molar-refractivity contribution in [1.29, 1.82) is 0 Å². The van der Waals surface area contributed by atoms with E-state index >= 15 is 0 Å². The molecule has 0 aliphatic carbocycles. The molecular weight excluding hydrogens is 212 g/mol. The first-order valence-electron chi connectivity index (χ1n) is 5.00. The Morgan fingerprint density at radius 3 is 2.87 bits per heavy atom. The Hall–Kier alpha value is -1.09. The summed E-state index contributed by atoms with van der Waals surface area (Å²) < 4.78 is 0. The van der Waals surface area contributed by atoms with Gasteiger partial charge in [0.25, 0.3) is 0 Å². The molecule has 1 N–H and O–H groups in total. The number of amides is 1. The van der Waals surface area contributed by atoms with Gasteiger partial charge in [-0.15, -0.1) is 0 Å². The fraction of sp³-hybridized carbons (Fsp3) is 0.455. The summed E-state index contributed by atoms with van der Waals surface area (Å²) >= 11 is 5.69. The molecule has 0 fully saturated rings. The Morgan fingerprint density at radius 2 is 2.27 bits per heavy atom. The van der Waals surface area contributed by atoms with Gasteiger partial charge < -0.3 is 5.32 Å². The summed E-state index contributed by atoms with van der Waals surface area (Å²) in [5, 5.41) is 3.09. The molecule has 4 heteroatoms. The van der Waals surface area contributed by atoms with Gasteiger partial charge in [-0.3, -0.25) is 4.79 Å². The van der Waals surface area contributed by atoms with Crippen LogP contribution in [0.15, 0.2) is 18.2 Å². The van der Waals surface area contributed by atoms with Gasteiger partial charge in [0, 0.05) is 6.42 Å². The van der Waals surface area contributed by atoms with Crippen LogP contribution >= 0.6 is 11.6 Å². The van der Waals surface area contributed by atoms with Gasteiger partial charge in [0.05, 0.1) is 0 Å². The molecule has 1 rings (SSSR count). The second-order valence-corrected chi connectivity index (χ2v) is 4.21. The lowest BCUT2D eigenvalue weighted by molar-refractivity contribution is -0.116. The van der Waals surface area contributed by atoms with E-state index in [1.54, 1.807) is 18.2 Å². The number of hydrogen-bond acceptors (Lipinski definition) is 2. The van der Waals surface area contributed by atoms with Crippen molar-refractivity contribution in [1.82, 2.24) is 4.98 Å². The highest BCUT2D eigenvalue weighted by molar-refractivity contribution is 6.29. The third kappa shape index (κ3) is 4.79. The van der Waals surface area contributed by atoms with Crippen molar-refractivity contribution < 1.29 is 4.79 Å². The van der Waals surface area contributed by atoms with E-state index in [4.69, 9.17) is 11.6 Å². The predicted octanol–water partition coefficient (Wildman–Crippen LogP) is 3.11. The molecular formula is C11H15ClN2O. The molecule has 82 valence electrons. The van der Waals surface area contributed by atoms with Crippen molar-refractivity contribution in [3.63, 3.8) is 0 Å². The van der Waals surface area contributed by atoms with Crippen molar-refractivity contribution >= 4 is 23.3 Å². The third-order valence-corrected chi connectivity index (χ3v) is 2.14. The molecule has 0 unspecified atom stereocenters. The molecule has 0 saturated heterocycles. The highest BCUT2D eigenvalue weighted by atomic mass is 35.5. The third-order valence-electron chi connectivity index (χ3n) is 1.93. The van der Waals surface area contributed by atoms with Crippen LogP contribution in [0.4, 0.5) is 5.82 Å². The zero-order valence-electron chi connectivity index (χ0n) is 8.96. The molecule has 0 bridgehead atoms. The first-order chi connectivity index (χ1) is 7.08. The van der Waals surface area contributed by atoms with Gasteiger partial charge >= 0.3 is 0 Å². The maximum absolute atomic E-state index is 11.4. The molecule has 0 aromatic carbocycles. The maximum atomic E-state index is 11.4. The number of carbonyl (C=O) groups is 1. The van der Waals surface area contributed by atoms with Gasteiger partial charge in [-0.25, -0.2) is 4.98 Å². The van der Waals surface area contributed by atoms with Crippen LogP contribution in [-0.4, -0.2) is 10.9 Å². The minimum absolute atomic E-state index is 0.0153. The average molecular weight is 227 g/mol. The normalized spacial score (nSPS) is 10.4. The molecule has 3 nitrogen and oxygen atoms in total. The highest BCUT2D eigenvalue weighted by Gasteiger charge is 2.04. The van der Waals surface area contributed by atoms with Crippen molar-refractivity contribution in [2.45, 2.75) is 26.7 Å². The largest absolute Gasteiger partial charge is 0.311 e. The number of nitrogens with zero attached hydrogens (tertiary/aromatic N) is 1. The Morgan fingerprint density at radius 1 is 1.53 bits per heavy atom. The summed E-state index contributed by atoms with van der Waals surface area (Å²) in [6.07, 6.45) is 1.40. The number of aromatic nitrogens is 1. The lowest BCUT2D eigenvalue weighted by atomic mass is 10.1. The Labute approximate surface area is 94.9 Å². The summed E-state index contributed by atoms with van der Waals surface area (Å²) in [6.45, 7) is 4.18. The topological polar surface area (TPSA) is 42.0 Å². The van der Waals surface area contributed by atoms with Gasteiger partial charge in [0.15, 0.2) is 0 Å². The van der Waals surface area contributed by atoms with Crippen LogP contribution in [0.25, 0.3) is 0 Å². The SMILES string of the molecule is CC(C)CCC(=O)Nc1cccc(Cl)n1. The summed E-state index contributed by atoms with van der Waals surface area (Å²) in [5.74, 6) is 1.03. The van der Waals surface area contributed by atoms with Gasteiger partial charge in [-0.2, -0.15) is 0 Å². The highest BCUT2D eigenvalue weighted by Crippen LogP contribution is 2.10. The van der Waals surface area contributed by atoms with E-state index in [9.17, 15) is 4.79 Å². The minimum Gasteiger partial charge on any atom is -0.311 e. The zero-order valence-corrected chi connectivity index (χ0v) is 9.71. The molecule has 15 heavy (non-hydrogen) atoms. The van der Waals surface area contributed by atoms with Crippen molar-refractivity contribution in [2.75, 3.05) is 5.32 Å². The summed E-state index contributed by atoms with van der Waals surface area (Å²) in [7, 11) is 0. The van der Waals surface area contributed by atoms with Crippen LogP contribution in [-0.2, 0) is 4.79 Å². The molecule has 0 saturated carbocycles. The molecule has 0 radical (unpaired) electrons. The van der Waals surface area contributed by atoms with E-state index in [0.29, 0.717) is 23.3 Å². The number of nitrogens with one attached hydrogen (secondary N) is 1. The second-order valence-electron chi connectivity index (χ2n) is 3.83. The van der Waals surface area contributed by atoms with Gasteiger partial charge in [0.2, 0.25) is 5.91 Å². The molecule has 0 aliphatic heterocycles. The van der Waals surface area contributed by atoms with Gasteiger partial charge in [-0.05, 0) is 24.5 Å². The number of pyridine rings is 1. The number of carbonyl (C=O) groups excluding carboxylic acids is 1. The lowest BCUT2D eigenvalue weighted by Crippen LogP contribution is -2.13. The van der Waals surface area contributed by atoms with Crippen molar-refractivity contribution in [3.8, 4) is 0 Å². The molecule has 0 spiro atoms. The molecule has 1 amide bonds. The summed E-state index contributed by atoms with van der Waals surface area (Å²) in [5.41, 5.74) is 0. The Bertz CT molecular complexity index is 339. The maximum Gasteiger partial charge on any atom is 0.225 e. The monoisotopic (exact) mass is 226 g/mol. The van der Waals surface area contributed by atoms with E-state index in [-0.39, 0.29) is 5.91 Å². The molecule has 1 aromatic rings. The standard InChI is InChI=1S/C11H15ClN2O/c1-8(2)6-7-11(15)14-10-5-3-4-9(12)13-10/h3-5,8H,6-7H2,1-2H3,(H,13,14,15).